The molecule has 0 radical (unpaired) electrons. The Balaban J connectivity index is 1.56. The summed E-state index contributed by atoms with van der Waals surface area (Å²) in [4.78, 5) is 18.6. The standard InChI is InChI=1S/C22H26N2O4/c1-12-16-10-24-8-7-14-13-5-4-6-19(26-2)21(13)23-20(14)18(24)9-15(16)17(11-28-12)22(25)27-3/h4-6,11-12,15-16,18,23H,7-10H2,1-3H3/t12-,15-,16+,18-/m0/s1. The molecular weight excluding hydrogens is 356 g/mol. The zero-order valence-corrected chi connectivity index (χ0v) is 16.5. The Bertz CT molecular complexity index is 963. The summed E-state index contributed by atoms with van der Waals surface area (Å²) in [6.07, 6.45) is 3.64. The fourth-order valence-electron chi connectivity index (χ4n) is 5.40. The summed E-state index contributed by atoms with van der Waals surface area (Å²) in [5.74, 6) is 1.05. The van der Waals surface area contributed by atoms with E-state index >= 15 is 0 Å². The summed E-state index contributed by atoms with van der Waals surface area (Å²) in [5.41, 5.74) is 4.40. The predicted octanol–water partition coefficient (Wildman–Crippen LogP) is 3.19. The lowest BCUT2D eigenvalue weighted by atomic mass is 9.72. The lowest BCUT2D eigenvalue weighted by molar-refractivity contribution is -0.139. The molecule has 0 bridgehead atoms. The molecule has 5 rings (SSSR count). The van der Waals surface area contributed by atoms with Gasteiger partial charge in [0.2, 0.25) is 0 Å². The monoisotopic (exact) mass is 382 g/mol. The number of esters is 1. The number of nitrogens with zero attached hydrogens (tertiary/aromatic N) is 1. The summed E-state index contributed by atoms with van der Waals surface area (Å²) in [5, 5.41) is 1.25. The maximum absolute atomic E-state index is 12.3. The van der Waals surface area contributed by atoms with Crippen LogP contribution < -0.4 is 4.74 Å². The summed E-state index contributed by atoms with van der Waals surface area (Å²) in [7, 11) is 3.15. The summed E-state index contributed by atoms with van der Waals surface area (Å²) >= 11 is 0. The highest BCUT2D eigenvalue weighted by Gasteiger charge is 2.47. The number of carbonyl (C=O) groups excluding carboxylic acids is 1. The predicted molar refractivity (Wildman–Crippen MR) is 105 cm³/mol. The first-order valence-electron chi connectivity index (χ1n) is 9.97. The van der Waals surface area contributed by atoms with Crippen LogP contribution in [-0.2, 0) is 20.7 Å². The van der Waals surface area contributed by atoms with Crippen LogP contribution in [0.1, 0.15) is 30.6 Å². The van der Waals surface area contributed by atoms with Gasteiger partial charge in [0.15, 0.2) is 0 Å². The Kier molecular flexibility index (Phi) is 4.12. The van der Waals surface area contributed by atoms with Crippen molar-refractivity contribution in [3.63, 3.8) is 0 Å². The molecule has 28 heavy (non-hydrogen) atoms. The Morgan fingerprint density at radius 1 is 1.32 bits per heavy atom. The molecule has 0 amide bonds. The molecule has 0 unspecified atom stereocenters. The first-order chi connectivity index (χ1) is 13.6. The van der Waals surface area contributed by atoms with E-state index in [2.05, 4.69) is 28.9 Å². The van der Waals surface area contributed by atoms with E-state index in [1.807, 2.05) is 6.07 Å². The third-order valence-corrected chi connectivity index (χ3v) is 6.85. The van der Waals surface area contributed by atoms with E-state index in [9.17, 15) is 4.79 Å². The molecule has 0 aliphatic carbocycles. The van der Waals surface area contributed by atoms with E-state index in [1.165, 1.54) is 23.8 Å². The second kappa shape index (κ2) is 6.55. The van der Waals surface area contributed by atoms with E-state index < -0.39 is 0 Å². The number of hydrogen-bond donors (Lipinski definition) is 1. The van der Waals surface area contributed by atoms with Crippen molar-refractivity contribution in [2.24, 2.45) is 11.8 Å². The highest BCUT2D eigenvalue weighted by Crippen LogP contribution is 2.48. The van der Waals surface area contributed by atoms with Crippen LogP contribution in [0.3, 0.4) is 0 Å². The quantitative estimate of drug-likeness (QED) is 0.809. The van der Waals surface area contributed by atoms with Gasteiger partial charge < -0.3 is 19.2 Å². The maximum Gasteiger partial charge on any atom is 0.337 e. The second-order valence-electron chi connectivity index (χ2n) is 8.07. The van der Waals surface area contributed by atoms with Gasteiger partial charge in [0.05, 0.1) is 43.7 Å². The van der Waals surface area contributed by atoms with E-state index in [1.54, 1.807) is 13.4 Å². The Labute approximate surface area is 164 Å². The Morgan fingerprint density at radius 2 is 2.18 bits per heavy atom. The third kappa shape index (κ3) is 2.47. The van der Waals surface area contributed by atoms with Crippen LogP contribution in [0.25, 0.3) is 10.9 Å². The van der Waals surface area contributed by atoms with Gasteiger partial charge in [-0.25, -0.2) is 4.79 Å². The highest BCUT2D eigenvalue weighted by atomic mass is 16.5. The van der Waals surface area contributed by atoms with E-state index in [0.717, 1.165) is 37.2 Å². The molecule has 1 saturated heterocycles. The van der Waals surface area contributed by atoms with Gasteiger partial charge >= 0.3 is 5.97 Å². The zero-order valence-electron chi connectivity index (χ0n) is 16.5. The van der Waals surface area contributed by atoms with Gasteiger partial charge in [0.1, 0.15) is 5.75 Å². The molecule has 0 saturated carbocycles. The molecule has 148 valence electrons. The first-order valence-corrected chi connectivity index (χ1v) is 9.97. The fourth-order valence-corrected chi connectivity index (χ4v) is 5.40. The Hall–Kier alpha value is -2.47. The number of benzene rings is 1. The number of ether oxygens (including phenoxy) is 3. The van der Waals surface area contributed by atoms with Crippen LogP contribution in [0.15, 0.2) is 30.0 Å². The SMILES string of the molecule is COC(=O)C1=CO[C@@H](C)[C@H]2CN3CCc4c([nH]c5c(OC)cccc45)[C@@H]3C[C@H]12. The van der Waals surface area contributed by atoms with Crippen LogP contribution >= 0.6 is 0 Å². The fraction of sp³-hybridized carbons (Fsp3) is 0.500. The van der Waals surface area contributed by atoms with E-state index in [4.69, 9.17) is 14.2 Å². The molecule has 6 heteroatoms. The number of aromatic nitrogens is 1. The molecule has 0 spiro atoms. The van der Waals surface area contributed by atoms with Crippen molar-refractivity contribution in [1.82, 2.24) is 9.88 Å². The number of carbonyl (C=O) groups is 1. The van der Waals surface area contributed by atoms with Gasteiger partial charge in [-0.15, -0.1) is 0 Å². The number of nitrogens with one attached hydrogen (secondary N) is 1. The minimum Gasteiger partial charge on any atom is -0.497 e. The van der Waals surface area contributed by atoms with Crippen molar-refractivity contribution in [2.75, 3.05) is 27.3 Å². The summed E-state index contributed by atoms with van der Waals surface area (Å²) in [6, 6.07) is 6.49. The van der Waals surface area contributed by atoms with Gasteiger partial charge in [-0.1, -0.05) is 12.1 Å². The molecule has 3 aliphatic heterocycles. The third-order valence-electron chi connectivity index (χ3n) is 6.85. The number of hydrogen-bond acceptors (Lipinski definition) is 5. The van der Waals surface area contributed by atoms with E-state index in [-0.39, 0.29) is 24.0 Å². The minimum absolute atomic E-state index is 0.101. The number of rotatable bonds is 2. The molecular formula is C22H26N2O4. The molecule has 1 fully saturated rings. The molecule has 1 aromatic carbocycles. The maximum atomic E-state index is 12.3. The topological polar surface area (TPSA) is 63.8 Å². The molecule has 6 nitrogen and oxygen atoms in total. The normalized spacial score (nSPS) is 29.2. The molecule has 4 heterocycles. The molecule has 1 N–H and O–H groups in total. The Morgan fingerprint density at radius 3 is 2.96 bits per heavy atom. The van der Waals surface area contributed by atoms with Gasteiger partial charge in [-0.3, -0.25) is 4.90 Å². The zero-order chi connectivity index (χ0) is 19.4. The lowest BCUT2D eigenvalue weighted by Crippen LogP contribution is -2.51. The average molecular weight is 382 g/mol. The largest absolute Gasteiger partial charge is 0.497 e. The number of H-pyrrole nitrogens is 1. The molecule has 1 aromatic heterocycles. The summed E-state index contributed by atoms with van der Waals surface area (Å²) in [6.45, 7) is 4.05. The highest BCUT2D eigenvalue weighted by molar-refractivity contribution is 5.90. The number of aromatic amines is 1. The van der Waals surface area contributed by atoms with Gasteiger partial charge in [-0.05, 0) is 31.4 Å². The number of fused-ring (bicyclic) bond motifs is 6. The van der Waals surface area contributed by atoms with Gasteiger partial charge in [-0.2, -0.15) is 0 Å². The molecule has 2 aromatic rings. The molecule has 4 atom stereocenters. The van der Waals surface area contributed by atoms with Gasteiger partial charge in [0, 0.05) is 36.0 Å². The average Bonchev–Trinajstić information content (AvgIpc) is 3.12. The van der Waals surface area contributed by atoms with Crippen LogP contribution in [0, 0.1) is 11.8 Å². The lowest BCUT2D eigenvalue weighted by Gasteiger charge is -2.49. The number of piperidine rings is 1. The van der Waals surface area contributed by atoms with Crippen molar-refractivity contribution in [3.05, 3.63) is 41.3 Å². The van der Waals surface area contributed by atoms with Crippen LogP contribution in [0.2, 0.25) is 0 Å². The first kappa shape index (κ1) is 17.6. The number of para-hydroxylation sites is 1. The van der Waals surface area contributed by atoms with Crippen molar-refractivity contribution in [2.45, 2.75) is 31.9 Å². The van der Waals surface area contributed by atoms with Crippen LogP contribution in [0.5, 0.6) is 5.75 Å². The number of methoxy groups -OCH3 is 2. The van der Waals surface area contributed by atoms with E-state index in [0.29, 0.717) is 11.5 Å². The summed E-state index contributed by atoms with van der Waals surface area (Å²) < 4.78 is 16.4. The smallest absolute Gasteiger partial charge is 0.337 e. The van der Waals surface area contributed by atoms with Crippen molar-refractivity contribution < 1.29 is 19.0 Å². The van der Waals surface area contributed by atoms with Gasteiger partial charge in [0.25, 0.3) is 0 Å². The van der Waals surface area contributed by atoms with Crippen molar-refractivity contribution >= 4 is 16.9 Å². The second-order valence-corrected chi connectivity index (χ2v) is 8.07. The van der Waals surface area contributed by atoms with Crippen molar-refractivity contribution in [3.8, 4) is 5.75 Å². The van der Waals surface area contributed by atoms with Crippen molar-refractivity contribution in [1.29, 1.82) is 0 Å². The van der Waals surface area contributed by atoms with Crippen LogP contribution in [-0.4, -0.2) is 49.3 Å². The van der Waals surface area contributed by atoms with Crippen LogP contribution in [0.4, 0.5) is 0 Å². The molecule has 3 aliphatic rings. The minimum atomic E-state index is -0.273.